The number of likely N-dealkylation sites (N-methyl/N-ethyl adjacent to an activating group) is 1. The van der Waals surface area contributed by atoms with E-state index in [0.717, 1.165) is 5.70 Å². The van der Waals surface area contributed by atoms with Gasteiger partial charge < -0.3 is 4.90 Å². The second-order valence-electron chi connectivity index (χ2n) is 3.61. The molecule has 4 nitrogen and oxygen atoms in total. The molecule has 86 valence electrons. The van der Waals surface area contributed by atoms with Gasteiger partial charge in [0.1, 0.15) is 6.04 Å². The molecule has 0 spiro atoms. The molecule has 1 fully saturated rings. The van der Waals surface area contributed by atoms with E-state index < -0.39 is 0 Å². The van der Waals surface area contributed by atoms with E-state index in [4.69, 9.17) is 0 Å². The van der Waals surface area contributed by atoms with Crippen molar-refractivity contribution >= 4 is 11.8 Å². The molecule has 1 N–H and O–H groups in total. The van der Waals surface area contributed by atoms with Crippen molar-refractivity contribution in [2.24, 2.45) is 0 Å². The number of nitrogens with zero attached hydrogens (tertiary/aromatic N) is 1. The van der Waals surface area contributed by atoms with Crippen LogP contribution >= 0.6 is 0 Å². The number of amides is 2. The average molecular weight is 220 g/mol. The Morgan fingerprint density at radius 3 is 2.69 bits per heavy atom. The van der Waals surface area contributed by atoms with Crippen LogP contribution in [-0.4, -0.2) is 29.8 Å². The monoisotopic (exact) mass is 220 g/mol. The van der Waals surface area contributed by atoms with E-state index in [1.165, 1.54) is 0 Å². The molecular weight excluding hydrogens is 204 g/mol. The summed E-state index contributed by atoms with van der Waals surface area (Å²) in [5, 5.41) is 2.32. The minimum absolute atomic E-state index is 0.206. The van der Waals surface area contributed by atoms with E-state index in [-0.39, 0.29) is 17.9 Å². The highest BCUT2D eigenvalue weighted by atomic mass is 16.2. The Labute approximate surface area is 95.3 Å². The van der Waals surface area contributed by atoms with E-state index in [0.29, 0.717) is 12.8 Å². The molecule has 1 unspecified atom stereocenters. The highest BCUT2D eigenvalue weighted by molar-refractivity contribution is 6.00. The number of nitrogens with one attached hydrogen (secondary N) is 1. The normalized spacial score (nSPS) is 21.3. The molecule has 0 bridgehead atoms. The Kier molecular flexibility index (Phi) is 4.05. The van der Waals surface area contributed by atoms with Crippen molar-refractivity contribution in [3.05, 3.63) is 37.1 Å². The predicted octanol–water partition coefficient (Wildman–Crippen LogP) is 0.979. The Morgan fingerprint density at radius 1 is 1.50 bits per heavy atom. The first-order chi connectivity index (χ1) is 7.60. The molecule has 0 aromatic carbocycles. The molecule has 1 aliphatic heterocycles. The van der Waals surface area contributed by atoms with Gasteiger partial charge in [-0.2, -0.15) is 0 Å². The Hall–Kier alpha value is -1.84. The van der Waals surface area contributed by atoms with Gasteiger partial charge >= 0.3 is 0 Å². The summed E-state index contributed by atoms with van der Waals surface area (Å²) in [5.41, 5.74) is 0.810. The van der Waals surface area contributed by atoms with Gasteiger partial charge in [-0.15, -0.1) is 0 Å². The topological polar surface area (TPSA) is 49.4 Å². The lowest BCUT2D eigenvalue weighted by molar-refractivity contribution is -0.136. The van der Waals surface area contributed by atoms with Crippen LogP contribution in [0.1, 0.15) is 12.8 Å². The minimum Gasteiger partial charge on any atom is -0.363 e. The van der Waals surface area contributed by atoms with Gasteiger partial charge in [0.25, 0.3) is 0 Å². The Balaban J connectivity index is 2.80. The summed E-state index contributed by atoms with van der Waals surface area (Å²) >= 11 is 0. The van der Waals surface area contributed by atoms with E-state index in [9.17, 15) is 9.59 Å². The fraction of sp³-hybridized carbons (Fsp3) is 0.333. The van der Waals surface area contributed by atoms with Crippen molar-refractivity contribution in [3.8, 4) is 0 Å². The van der Waals surface area contributed by atoms with Gasteiger partial charge in [-0.3, -0.25) is 14.9 Å². The number of carbonyl (C=O) groups is 2. The van der Waals surface area contributed by atoms with E-state index in [2.05, 4.69) is 18.5 Å². The van der Waals surface area contributed by atoms with Gasteiger partial charge in [0.05, 0.1) is 0 Å². The lowest BCUT2D eigenvalue weighted by Crippen LogP contribution is -2.50. The van der Waals surface area contributed by atoms with E-state index in [1.54, 1.807) is 30.2 Å². The molecule has 1 aliphatic rings. The highest BCUT2D eigenvalue weighted by Crippen LogP contribution is 2.16. The molecule has 0 radical (unpaired) electrons. The Morgan fingerprint density at radius 2 is 2.19 bits per heavy atom. The van der Waals surface area contributed by atoms with Gasteiger partial charge in [0, 0.05) is 19.2 Å². The van der Waals surface area contributed by atoms with Crippen LogP contribution in [0, 0.1) is 0 Å². The summed E-state index contributed by atoms with van der Waals surface area (Å²) in [6, 6.07) is -0.318. The first-order valence-corrected chi connectivity index (χ1v) is 5.11. The van der Waals surface area contributed by atoms with Crippen LogP contribution < -0.4 is 5.32 Å². The second-order valence-corrected chi connectivity index (χ2v) is 3.61. The molecular formula is C12H16N2O2. The van der Waals surface area contributed by atoms with Crippen LogP contribution in [0.2, 0.25) is 0 Å². The zero-order chi connectivity index (χ0) is 12.1. The van der Waals surface area contributed by atoms with E-state index >= 15 is 0 Å². The van der Waals surface area contributed by atoms with Crippen LogP contribution in [0.5, 0.6) is 0 Å². The van der Waals surface area contributed by atoms with Crippen molar-refractivity contribution in [3.63, 3.8) is 0 Å². The molecule has 2 amide bonds. The third-order valence-electron chi connectivity index (χ3n) is 2.58. The molecule has 1 rings (SSSR count). The number of piperidine rings is 1. The highest BCUT2D eigenvalue weighted by Gasteiger charge is 2.29. The number of hydrogen-bond donors (Lipinski definition) is 1. The molecule has 1 atom stereocenters. The molecule has 1 saturated heterocycles. The smallest absolute Gasteiger partial charge is 0.249 e. The number of rotatable bonds is 4. The van der Waals surface area contributed by atoms with Crippen molar-refractivity contribution in [1.29, 1.82) is 0 Å². The lowest BCUT2D eigenvalue weighted by atomic mass is 10.0. The third-order valence-corrected chi connectivity index (χ3v) is 2.58. The fourth-order valence-corrected chi connectivity index (χ4v) is 1.68. The van der Waals surface area contributed by atoms with Gasteiger partial charge in [0.2, 0.25) is 11.8 Å². The maximum Gasteiger partial charge on any atom is 0.249 e. The zero-order valence-corrected chi connectivity index (χ0v) is 9.40. The van der Waals surface area contributed by atoms with Gasteiger partial charge in [0.15, 0.2) is 0 Å². The van der Waals surface area contributed by atoms with Gasteiger partial charge in [-0.25, -0.2) is 0 Å². The average Bonchev–Trinajstić information content (AvgIpc) is 2.25. The first kappa shape index (κ1) is 12.2. The molecule has 16 heavy (non-hydrogen) atoms. The van der Waals surface area contributed by atoms with Crippen LogP contribution in [0.4, 0.5) is 0 Å². The summed E-state index contributed by atoms with van der Waals surface area (Å²) in [7, 11) is 1.80. The maximum absolute atomic E-state index is 11.6. The van der Waals surface area contributed by atoms with Crippen LogP contribution in [0.15, 0.2) is 37.1 Å². The lowest BCUT2D eigenvalue weighted by Gasteiger charge is -2.31. The molecule has 0 aliphatic carbocycles. The number of imide groups is 1. The molecule has 0 aromatic rings. The van der Waals surface area contributed by atoms with Crippen molar-refractivity contribution in [2.75, 3.05) is 7.05 Å². The predicted molar refractivity (Wildman–Crippen MR) is 62.4 cm³/mol. The third kappa shape index (κ3) is 2.59. The molecule has 1 heterocycles. The molecule has 0 saturated carbocycles. The van der Waals surface area contributed by atoms with Crippen LogP contribution in [-0.2, 0) is 9.59 Å². The van der Waals surface area contributed by atoms with Crippen molar-refractivity contribution in [1.82, 2.24) is 10.2 Å². The summed E-state index contributed by atoms with van der Waals surface area (Å²) in [5.74, 6) is -0.460. The number of allylic oxidation sites excluding steroid dienone is 3. The summed E-state index contributed by atoms with van der Waals surface area (Å²) < 4.78 is 0. The zero-order valence-electron chi connectivity index (χ0n) is 9.40. The molecule has 4 heteroatoms. The maximum atomic E-state index is 11.6. The minimum atomic E-state index is -0.318. The van der Waals surface area contributed by atoms with Crippen LogP contribution in [0.3, 0.4) is 0 Å². The van der Waals surface area contributed by atoms with Crippen molar-refractivity contribution in [2.45, 2.75) is 18.9 Å². The SMILES string of the molecule is C=C/C=C(\C=C)N(C)C1CCC(=O)NC1=O. The summed E-state index contributed by atoms with van der Waals surface area (Å²) in [4.78, 5) is 24.4. The Bertz CT molecular complexity index is 358. The summed E-state index contributed by atoms with van der Waals surface area (Å²) in [6.07, 6.45) is 5.98. The molecule has 0 aromatic heterocycles. The number of hydrogen-bond acceptors (Lipinski definition) is 3. The van der Waals surface area contributed by atoms with Gasteiger partial charge in [-0.05, 0) is 18.6 Å². The first-order valence-electron chi connectivity index (χ1n) is 5.11. The largest absolute Gasteiger partial charge is 0.363 e. The van der Waals surface area contributed by atoms with Crippen molar-refractivity contribution < 1.29 is 9.59 Å². The standard InChI is InChI=1S/C12H16N2O2/c1-4-6-9(5-2)14(3)10-7-8-11(15)13-12(10)16/h4-6,10H,1-2,7-8H2,3H3,(H,13,15,16)/b9-6+. The summed E-state index contributed by atoms with van der Waals surface area (Å²) in [6.45, 7) is 7.28. The van der Waals surface area contributed by atoms with E-state index in [1.807, 2.05) is 0 Å². The van der Waals surface area contributed by atoms with Gasteiger partial charge in [-0.1, -0.05) is 19.2 Å². The number of carbonyl (C=O) groups excluding carboxylic acids is 2. The fourth-order valence-electron chi connectivity index (χ4n) is 1.68. The second kappa shape index (κ2) is 5.30. The van der Waals surface area contributed by atoms with Crippen LogP contribution in [0.25, 0.3) is 0 Å². The quantitative estimate of drug-likeness (QED) is 0.567.